The monoisotopic (exact) mass is 297 g/mol. The molecule has 0 fully saturated rings. The first-order valence-corrected chi connectivity index (χ1v) is 7.32. The zero-order chi connectivity index (χ0) is 15.7. The van der Waals surface area contributed by atoms with E-state index >= 15 is 0 Å². The van der Waals surface area contributed by atoms with Crippen molar-refractivity contribution in [1.29, 1.82) is 0 Å². The second kappa shape index (κ2) is 9.47. The van der Waals surface area contributed by atoms with E-state index in [9.17, 15) is 0 Å². The number of nitrogens with one attached hydrogen (secondary N) is 1. The SMILES string of the molecule is CCCNC(COCC)c1cc(OC)c(OC)cc1OC. The molecule has 0 amide bonds. The van der Waals surface area contributed by atoms with Crippen LogP contribution in [0.3, 0.4) is 0 Å². The summed E-state index contributed by atoms with van der Waals surface area (Å²) in [6.07, 6.45) is 1.05. The maximum Gasteiger partial charge on any atom is 0.164 e. The van der Waals surface area contributed by atoms with Gasteiger partial charge in [-0.15, -0.1) is 0 Å². The fourth-order valence-electron chi connectivity index (χ4n) is 2.14. The lowest BCUT2D eigenvalue weighted by Gasteiger charge is -2.22. The molecule has 1 N–H and O–H groups in total. The van der Waals surface area contributed by atoms with E-state index in [1.54, 1.807) is 21.3 Å². The molecule has 1 unspecified atom stereocenters. The fraction of sp³-hybridized carbons (Fsp3) is 0.625. The van der Waals surface area contributed by atoms with Crippen LogP contribution in [-0.4, -0.2) is 41.1 Å². The molecule has 0 aliphatic rings. The Labute approximate surface area is 127 Å². The van der Waals surface area contributed by atoms with Crippen LogP contribution in [0.1, 0.15) is 31.9 Å². The predicted octanol–water partition coefficient (Wildman–Crippen LogP) is 2.79. The molecular formula is C16H27NO4. The minimum absolute atomic E-state index is 0.0552. The smallest absolute Gasteiger partial charge is 0.164 e. The van der Waals surface area contributed by atoms with Crippen LogP contribution in [0.25, 0.3) is 0 Å². The summed E-state index contributed by atoms with van der Waals surface area (Å²) in [5.41, 5.74) is 1.01. The number of ether oxygens (including phenoxy) is 4. The van der Waals surface area contributed by atoms with Crippen LogP contribution >= 0.6 is 0 Å². The highest BCUT2D eigenvalue weighted by Gasteiger charge is 2.19. The Morgan fingerprint density at radius 2 is 1.57 bits per heavy atom. The minimum atomic E-state index is 0.0552. The third-order valence-corrected chi connectivity index (χ3v) is 3.24. The van der Waals surface area contributed by atoms with Crippen LogP contribution < -0.4 is 19.5 Å². The zero-order valence-electron chi connectivity index (χ0n) is 13.7. The van der Waals surface area contributed by atoms with Gasteiger partial charge in [0.15, 0.2) is 11.5 Å². The van der Waals surface area contributed by atoms with Gasteiger partial charge in [-0.1, -0.05) is 6.92 Å². The van der Waals surface area contributed by atoms with Crippen LogP contribution in [0.4, 0.5) is 0 Å². The van der Waals surface area contributed by atoms with E-state index < -0.39 is 0 Å². The Morgan fingerprint density at radius 1 is 0.952 bits per heavy atom. The topological polar surface area (TPSA) is 49.0 Å². The Balaban J connectivity index is 3.13. The molecule has 0 aliphatic carbocycles. The van der Waals surface area contributed by atoms with Gasteiger partial charge in [0, 0.05) is 18.2 Å². The van der Waals surface area contributed by atoms with E-state index in [0.717, 1.165) is 24.3 Å². The van der Waals surface area contributed by atoms with Gasteiger partial charge in [-0.3, -0.25) is 0 Å². The molecule has 1 aromatic carbocycles. The van der Waals surface area contributed by atoms with Crippen LogP contribution in [0.15, 0.2) is 12.1 Å². The summed E-state index contributed by atoms with van der Waals surface area (Å²) >= 11 is 0. The molecular weight excluding hydrogens is 270 g/mol. The summed E-state index contributed by atoms with van der Waals surface area (Å²) in [5.74, 6) is 2.11. The summed E-state index contributed by atoms with van der Waals surface area (Å²) in [5, 5.41) is 3.48. The molecule has 1 rings (SSSR count). The van der Waals surface area contributed by atoms with Gasteiger partial charge in [-0.05, 0) is 26.0 Å². The maximum atomic E-state index is 5.59. The molecule has 21 heavy (non-hydrogen) atoms. The van der Waals surface area contributed by atoms with Crippen molar-refractivity contribution in [3.8, 4) is 17.2 Å². The van der Waals surface area contributed by atoms with E-state index in [2.05, 4.69) is 12.2 Å². The molecule has 1 aromatic rings. The third kappa shape index (κ3) is 4.79. The Morgan fingerprint density at radius 3 is 2.10 bits per heavy atom. The van der Waals surface area contributed by atoms with Crippen LogP contribution in [0.2, 0.25) is 0 Å². The van der Waals surface area contributed by atoms with Crippen molar-refractivity contribution in [1.82, 2.24) is 5.32 Å². The van der Waals surface area contributed by atoms with Crippen molar-refractivity contribution >= 4 is 0 Å². The average molecular weight is 297 g/mol. The molecule has 0 bridgehead atoms. The zero-order valence-corrected chi connectivity index (χ0v) is 13.7. The van der Waals surface area contributed by atoms with Gasteiger partial charge < -0.3 is 24.3 Å². The van der Waals surface area contributed by atoms with Gasteiger partial charge in [-0.25, -0.2) is 0 Å². The number of hydrogen-bond acceptors (Lipinski definition) is 5. The number of benzene rings is 1. The maximum absolute atomic E-state index is 5.59. The van der Waals surface area contributed by atoms with E-state index in [-0.39, 0.29) is 6.04 Å². The van der Waals surface area contributed by atoms with Crippen LogP contribution in [0.5, 0.6) is 17.2 Å². The lowest BCUT2D eigenvalue weighted by molar-refractivity contribution is 0.122. The van der Waals surface area contributed by atoms with E-state index in [1.165, 1.54) is 0 Å². The van der Waals surface area contributed by atoms with Crippen molar-refractivity contribution in [3.05, 3.63) is 17.7 Å². The molecule has 5 heteroatoms. The van der Waals surface area contributed by atoms with Gasteiger partial charge in [0.1, 0.15) is 5.75 Å². The third-order valence-electron chi connectivity index (χ3n) is 3.24. The summed E-state index contributed by atoms with van der Waals surface area (Å²) < 4.78 is 21.8. The first kappa shape index (κ1) is 17.6. The second-order valence-electron chi connectivity index (χ2n) is 4.62. The van der Waals surface area contributed by atoms with Crippen molar-refractivity contribution in [2.45, 2.75) is 26.3 Å². The first-order valence-electron chi connectivity index (χ1n) is 7.32. The van der Waals surface area contributed by atoms with Crippen molar-refractivity contribution in [2.75, 3.05) is 41.1 Å². The molecule has 0 aromatic heterocycles. The van der Waals surface area contributed by atoms with Gasteiger partial charge in [-0.2, -0.15) is 0 Å². The van der Waals surface area contributed by atoms with Crippen LogP contribution in [-0.2, 0) is 4.74 Å². The molecule has 0 saturated heterocycles. The Kier molecular flexibility index (Phi) is 7.93. The molecule has 1 atom stereocenters. The lowest BCUT2D eigenvalue weighted by atomic mass is 10.0. The van der Waals surface area contributed by atoms with Crippen LogP contribution in [0, 0.1) is 0 Å². The van der Waals surface area contributed by atoms with Crippen molar-refractivity contribution < 1.29 is 18.9 Å². The second-order valence-corrected chi connectivity index (χ2v) is 4.62. The number of methoxy groups -OCH3 is 3. The molecule has 5 nitrogen and oxygen atoms in total. The summed E-state index contributed by atoms with van der Waals surface area (Å²) in [6, 6.07) is 3.85. The highest BCUT2D eigenvalue weighted by atomic mass is 16.5. The van der Waals surface area contributed by atoms with Gasteiger partial charge in [0.2, 0.25) is 0 Å². The summed E-state index contributed by atoms with van der Waals surface area (Å²) in [6.45, 7) is 6.30. The fourth-order valence-corrected chi connectivity index (χ4v) is 2.14. The van der Waals surface area contributed by atoms with Crippen molar-refractivity contribution in [2.24, 2.45) is 0 Å². The standard InChI is InChI=1S/C16H27NO4/c1-6-8-17-13(11-21-7-2)12-9-15(19-4)16(20-5)10-14(12)18-3/h9-10,13,17H,6-8,11H2,1-5H3. The van der Waals surface area contributed by atoms with Gasteiger partial charge in [0.05, 0.1) is 34.0 Å². The van der Waals surface area contributed by atoms with Crippen molar-refractivity contribution in [3.63, 3.8) is 0 Å². The molecule has 0 radical (unpaired) electrons. The highest BCUT2D eigenvalue weighted by molar-refractivity contribution is 5.51. The number of hydrogen-bond donors (Lipinski definition) is 1. The summed E-state index contributed by atoms with van der Waals surface area (Å²) in [7, 11) is 4.90. The predicted molar refractivity (Wildman–Crippen MR) is 83.6 cm³/mol. The normalized spacial score (nSPS) is 12.0. The quantitative estimate of drug-likeness (QED) is 0.719. The number of rotatable bonds is 10. The van der Waals surface area contributed by atoms with E-state index in [4.69, 9.17) is 18.9 Å². The van der Waals surface area contributed by atoms with E-state index in [0.29, 0.717) is 24.7 Å². The Bertz CT molecular complexity index is 415. The highest BCUT2D eigenvalue weighted by Crippen LogP contribution is 2.37. The molecule has 0 saturated carbocycles. The lowest BCUT2D eigenvalue weighted by Crippen LogP contribution is -2.27. The van der Waals surface area contributed by atoms with Gasteiger partial charge in [0.25, 0.3) is 0 Å². The van der Waals surface area contributed by atoms with E-state index in [1.807, 2.05) is 19.1 Å². The summed E-state index contributed by atoms with van der Waals surface area (Å²) in [4.78, 5) is 0. The average Bonchev–Trinajstić information content (AvgIpc) is 2.53. The molecule has 120 valence electrons. The molecule has 0 spiro atoms. The Hall–Kier alpha value is -1.46. The molecule has 0 heterocycles. The minimum Gasteiger partial charge on any atom is -0.496 e. The molecule has 0 aliphatic heterocycles. The first-order chi connectivity index (χ1) is 10.2. The van der Waals surface area contributed by atoms with Gasteiger partial charge >= 0.3 is 0 Å². The largest absolute Gasteiger partial charge is 0.496 e.